The highest BCUT2D eigenvalue weighted by molar-refractivity contribution is 5.95. The van der Waals surface area contributed by atoms with Crippen LogP contribution in [0, 0.1) is 0 Å². The van der Waals surface area contributed by atoms with Crippen LogP contribution in [-0.2, 0) is 4.79 Å². The summed E-state index contributed by atoms with van der Waals surface area (Å²) < 4.78 is 0. The summed E-state index contributed by atoms with van der Waals surface area (Å²) in [6.07, 6.45) is -0.374. The second kappa shape index (κ2) is 6.31. The van der Waals surface area contributed by atoms with Crippen LogP contribution in [0.2, 0.25) is 0 Å². The van der Waals surface area contributed by atoms with Gasteiger partial charge >= 0.3 is 5.97 Å². The van der Waals surface area contributed by atoms with Crippen molar-refractivity contribution in [3.8, 4) is 5.69 Å². The maximum atomic E-state index is 11.8. The number of carboxylic acid groups (broad SMARTS) is 1. The number of carbonyl (C=O) groups is 2. The molecule has 0 aliphatic rings. The van der Waals surface area contributed by atoms with Gasteiger partial charge in [-0.05, 0) is 29.5 Å². The van der Waals surface area contributed by atoms with Crippen LogP contribution in [0.25, 0.3) is 5.69 Å². The fourth-order valence-electron chi connectivity index (χ4n) is 1.70. The van der Waals surface area contributed by atoms with E-state index in [2.05, 4.69) is 15.4 Å². The molecule has 1 atom stereocenters. The van der Waals surface area contributed by atoms with Crippen LogP contribution in [0.3, 0.4) is 0 Å². The van der Waals surface area contributed by atoms with Gasteiger partial charge in [0, 0.05) is 26.2 Å². The molecule has 0 radical (unpaired) electrons. The zero-order valence-electron chi connectivity index (χ0n) is 12.2. The Morgan fingerprint density at radius 2 is 1.95 bits per heavy atom. The number of hydrogen-bond acceptors (Lipinski definition) is 7. The molecular weight excluding hydrogens is 288 g/mol. The molecule has 0 bridgehead atoms. The lowest BCUT2D eigenvalue weighted by Crippen LogP contribution is -2.32. The highest BCUT2D eigenvalue weighted by Gasteiger charge is 2.21. The van der Waals surface area contributed by atoms with Crippen molar-refractivity contribution in [3.05, 3.63) is 30.1 Å². The van der Waals surface area contributed by atoms with E-state index >= 15 is 0 Å². The Balaban J connectivity index is 2.14. The molecule has 116 valence electrons. The van der Waals surface area contributed by atoms with Gasteiger partial charge in [0.25, 0.3) is 0 Å². The van der Waals surface area contributed by atoms with E-state index in [9.17, 15) is 9.59 Å². The number of anilines is 1. The SMILES string of the molecule is CN(C)c1ccc(-n2nnc(C(=O)C[C@H](N)C(=O)O)n2)cc1. The van der Waals surface area contributed by atoms with E-state index in [1.165, 1.54) is 4.80 Å². The van der Waals surface area contributed by atoms with Crippen LogP contribution < -0.4 is 10.6 Å². The average molecular weight is 304 g/mol. The van der Waals surface area contributed by atoms with E-state index in [0.29, 0.717) is 5.69 Å². The molecule has 0 spiro atoms. The topological polar surface area (TPSA) is 127 Å². The summed E-state index contributed by atoms with van der Waals surface area (Å²) in [4.78, 5) is 25.6. The van der Waals surface area contributed by atoms with E-state index in [1.54, 1.807) is 12.1 Å². The Labute approximate surface area is 126 Å². The van der Waals surface area contributed by atoms with Gasteiger partial charge in [0.05, 0.1) is 5.69 Å². The van der Waals surface area contributed by atoms with Gasteiger partial charge in [-0.25, -0.2) is 0 Å². The molecule has 9 nitrogen and oxygen atoms in total. The van der Waals surface area contributed by atoms with Crippen molar-refractivity contribution in [2.45, 2.75) is 12.5 Å². The molecule has 0 saturated heterocycles. The Morgan fingerprint density at radius 3 is 2.50 bits per heavy atom. The largest absolute Gasteiger partial charge is 0.480 e. The number of nitrogens with two attached hydrogens (primary N) is 1. The molecule has 3 N–H and O–H groups in total. The van der Waals surface area contributed by atoms with Gasteiger partial charge < -0.3 is 15.7 Å². The molecule has 1 aromatic carbocycles. The fraction of sp³-hybridized carbons (Fsp3) is 0.308. The van der Waals surface area contributed by atoms with E-state index in [1.807, 2.05) is 31.1 Å². The summed E-state index contributed by atoms with van der Waals surface area (Å²) in [6, 6.07) is 6.04. The van der Waals surface area contributed by atoms with Crippen LogP contribution in [-0.4, -0.2) is 57.2 Å². The first-order valence-corrected chi connectivity index (χ1v) is 6.48. The number of benzene rings is 1. The van der Waals surface area contributed by atoms with Crippen molar-refractivity contribution in [1.82, 2.24) is 20.2 Å². The number of carbonyl (C=O) groups excluding carboxylic acids is 1. The van der Waals surface area contributed by atoms with Crippen molar-refractivity contribution in [3.63, 3.8) is 0 Å². The second-order valence-electron chi connectivity index (χ2n) is 4.89. The predicted octanol–water partition coefficient (Wildman–Crippen LogP) is -0.287. The predicted molar refractivity (Wildman–Crippen MR) is 78.0 cm³/mol. The van der Waals surface area contributed by atoms with Crippen molar-refractivity contribution in [2.24, 2.45) is 5.73 Å². The van der Waals surface area contributed by atoms with E-state index in [4.69, 9.17) is 10.8 Å². The Bertz CT molecular complexity index is 679. The standard InChI is InChI=1S/C13H16N6O3/c1-18(2)8-3-5-9(6-4-8)19-16-12(15-17-19)11(20)7-10(14)13(21)22/h3-6,10H,7,14H2,1-2H3,(H,21,22)/t10-/m0/s1. The van der Waals surface area contributed by atoms with Crippen LogP contribution in [0.4, 0.5) is 5.69 Å². The highest BCUT2D eigenvalue weighted by atomic mass is 16.4. The van der Waals surface area contributed by atoms with Gasteiger partial charge in [-0.1, -0.05) is 0 Å². The third-order valence-electron chi connectivity index (χ3n) is 2.98. The summed E-state index contributed by atoms with van der Waals surface area (Å²) in [5, 5.41) is 20.1. The summed E-state index contributed by atoms with van der Waals surface area (Å²) in [5.74, 6) is -1.97. The summed E-state index contributed by atoms with van der Waals surface area (Å²) in [5.41, 5.74) is 6.96. The lowest BCUT2D eigenvalue weighted by Gasteiger charge is -2.12. The number of carboxylic acids is 1. The fourth-order valence-corrected chi connectivity index (χ4v) is 1.70. The molecule has 22 heavy (non-hydrogen) atoms. The first-order valence-electron chi connectivity index (χ1n) is 6.48. The lowest BCUT2D eigenvalue weighted by molar-refractivity contribution is -0.138. The molecule has 9 heteroatoms. The molecule has 2 rings (SSSR count). The zero-order chi connectivity index (χ0) is 16.3. The van der Waals surface area contributed by atoms with Gasteiger partial charge in [0.2, 0.25) is 11.6 Å². The van der Waals surface area contributed by atoms with Crippen molar-refractivity contribution in [1.29, 1.82) is 0 Å². The maximum absolute atomic E-state index is 11.8. The Morgan fingerprint density at radius 1 is 1.32 bits per heavy atom. The van der Waals surface area contributed by atoms with Crippen LogP contribution in [0.1, 0.15) is 17.0 Å². The number of nitrogens with zero attached hydrogens (tertiary/aromatic N) is 5. The molecule has 1 heterocycles. The second-order valence-corrected chi connectivity index (χ2v) is 4.89. The first-order chi connectivity index (χ1) is 10.4. The number of tetrazole rings is 1. The third kappa shape index (κ3) is 3.44. The summed E-state index contributed by atoms with van der Waals surface area (Å²) in [7, 11) is 3.84. The smallest absolute Gasteiger partial charge is 0.320 e. The van der Waals surface area contributed by atoms with E-state index in [-0.39, 0.29) is 12.2 Å². The quantitative estimate of drug-likeness (QED) is 0.697. The zero-order valence-corrected chi connectivity index (χ0v) is 12.2. The molecule has 0 aliphatic heterocycles. The molecular formula is C13H16N6O3. The monoisotopic (exact) mass is 304 g/mol. The van der Waals surface area contributed by atoms with Crippen LogP contribution in [0.5, 0.6) is 0 Å². The minimum atomic E-state index is -1.28. The molecule has 2 aromatic rings. The van der Waals surface area contributed by atoms with Gasteiger partial charge in [-0.2, -0.15) is 0 Å². The van der Waals surface area contributed by atoms with Gasteiger partial charge in [0.1, 0.15) is 6.04 Å². The first kappa shape index (κ1) is 15.6. The Hall–Kier alpha value is -2.81. The molecule has 1 aromatic heterocycles. The van der Waals surface area contributed by atoms with Gasteiger partial charge in [0.15, 0.2) is 0 Å². The van der Waals surface area contributed by atoms with Crippen LogP contribution >= 0.6 is 0 Å². The molecule has 0 amide bonds. The number of hydrogen-bond donors (Lipinski definition) is 2. The van der Waals surface area contributed by atoms with E-state index in [0.717, 1.165) is 5.69 Å². The minimum absolute atomic E-state index is 0.159. The average Bonchev–Trinajstić information content (AvgIpc) is 2.97. The highest BCUT2D eigenvalue weighted by Crippen LogP contribution is 2.14. The van der Waals surface area contributed by atoms with Crippen molar-refractivity contribution >= 4 is 17.4 Å². The molecule has 0 unspecified atom stereocenters. The van der Waals surface area contributed by atoms with Crippen LogP contribution in [0.15, 0.2) is 24.3 Å². The summed E-state index contributed by atoms with van der Waals surface area (Å²) in [6.45, 7) is 0. The number of rotatable bonds is 6. The van der Waals surface area contributed by atoms with E-state index < -0.39 is 17.8 Å². The normalized spacial score (nSPS) is 12.0. The molecule has 0 saturated carbocycles. The van der Waals surface area contributed by atoms with Crippen molar-refractivity contribution in [2.75, 3.05) is 19.0 Å². The third-order valence-corrected chi connectivity index (χ3v) is 2.98. The van der Waals surface area contributed by atoms with Gasteiger partial charge in [-0.15, -0.1) is 15.0 Å². The van der Waals surface area contributed by atoms with Gasteiger partial charge in [-0.3, -0.25) is 9.59 Å². The lowest BCUT2D eigenvalue weighted by atomic mass is 10.1. The van der Waals surface area contributed by atoms with Crippen molar-refractivity contribution < 1.29 is 14.7 Å². The summed E-state index contributed by atoms with van der Waals surface area (Å²) >= 11 is 0. The molecule has 0 fully saturated rings. The molecule has 0 aliphatic carbocycles. The number of aliphatic carboxylic acids is 1. The number of ketones is 1. The number of aromatic nitrogens is 4. The Kier molecular flexibility index (Phi) is 4.47. The minimum Gasteiger partial charge on any atom is -0.480 e. The number of Topliss-reactive ketones (excluding diaryl/α,β-unsaturated/α-hetero) is 1. The maximum Gasteiger partial charge on any atom is 0.320 e.